The summed E-state index contributed by atoms with van der Waals surface area (Å²) in [6.45, 7) is 10.2. The van der Waals surface area contributed by atoms with Crippen LogP contribution in [0, 0.1) is 0 Å². The number of fused-ring (bicyclic) bond motifs is 1. The molecule has 0 fully saturated rings. The first kappa shape index (κ1) is 20.3. The second-order valence-corrected chi connectivity index (χ2v) is 7.42. The Morgan fingerprint density at radius 3 is 2.46 bits per heavy atom. The van der Waals surface area contributed by atoms with Crippen LogP contribution in [-0.4, -0.2) is 48.6 Å². The predicted octanol–water partition coefficient (Wildman–Crippen LogP) is 4.68. The molecular formula is C22H27N3O2S. The first-order valence-corrected chi connectivity index (χ1v) is 10.6. The summed E-state index contributed by atoms with van der Waals surface area (Å²) < 4.78 is 6.62. The highest BCUT2D eigenvalue weighted by molar-refractivity contribution is 7.22. The van der Waals surface area contributed by atoms with E-state index in [2.05, 4.69) is 18.7 Å². The van der Waals surface area contributed by atoms with Crippen molar-refractivity contribution in [3.8, 4) is 5.75 Å². The number of nitrogens with zero attached hydrogens (tertiary/aromatic N) is 3. The zero-order valence-corrected chi connectivity index (χ0v) is 17.5. The molecule has 1 aromatic heterocycles. The summed E-state index contributed by atoms with van der Waals surface area (Å²) in [6.07, 6.45) is 0. The van der Waals surface area contributed by atoms with Crippen LogP contribution in [0.15, 0.2) is 48.5 Å². The van der Waals surface area contributed by atoms with E-state index in [-0.39, 0.29) is 5.91 Å². The van der Waals surface area contributed by atoms with Crippen molar-refractivity contribution in [3.05, 3.63) is 54.1 Å². The largest absolute Gasteiger partial charge is 0.494 e. The summed E-state index contributed by atoms with van der Waals surface area (Å²) >= 11 is 1.53. The van der Waals surface area contributed by atoms with Crippen LogP contribution in [0.25, 0.3) is 10.2 Å². The molecule has 28 heavy (non-hydrogen) atoms. The van der Waals surface area contributed by atoms with Crippen LogP contribution < -0.4 is 9.64 Å². The van der Waals surface area contributed by atoms with E-state index in [0.29, 0.717) is 18.7 Å². The number of likely N-dealkylation sites (N-methyl/N-ethyl adjacent to an activating group) is 1. The van der Waals surface area contributed by atoms with E-state index in [0.717, 1.165) is 40.7 Å². The van der Waals surface area contributed by atoms with Crippen LogP contribution in [0.4, 0.5) is 5.13 Å². The van der Waals surface area contributed by atoms with Crippen molar-refractivity contribution in [2.45, 2.75) is 20.8 Å². The molecule has 0 saturated heterocycles. The summed E-state index contributed by atoms with van der Waals surface area (Å²) in [4.78, 5) is 22.1. The molecule has 2 aromatic carbocycles. The Bertz CT molecular complexity index is 907. The van der Waals surface area contributed by atoms with Crippen LogP contribution >= 0.6 is 11.3 Å². The molecule has 1 amide bonds. The van der Waals surface area contributed by atoms with Crippen molar-refractivity contribution in [3.63, 3.8) is 0 Å². The average molecular weight is 398 g/mol. The van der Waals surface area contributed by atoms with Crippen LogP contribution in [0.2, 0.25) is 0 Å². The smallest absolute Gasteiger partial charge is 0.260 e. The van der Waals surface area contributed by atoms with Crippen molar-refractivity contribution >= 4 is 32.6 Å². The number of benzene rings is 2. The maximum atomic E-state index is 13.2. The van der Waals surface area contributed by atoms with Crippen molar-refractivity contribution in [1.29, 1.82) is 0 Å². The van der Waals surface area contributed by atoms with E-state index in [1.54, 1.807) is 4.90 Å². The Labute approximate surface area is 170 Å². The number of hydrogen-bond donors (Lipinski definition) is 0. The maximum absolute atomic E-state index is 13.2. The lowest BCUT2D eigenvalue weighted by Crippen LogP contribution is -2.38. The van der Waals surface area contributed by atoms with Gasteiger partial charge in [-0.25, -0.2) is 4.98 Å². The van der Waals surface area contributed by atoms with Gasteiger partial charge in [-0.1, -0.05) is 43.4 Å². The lowest BCUT2D eigenvalue weighted by Gasteiger charge is -2.24. The molecule has 0 saturated carbocycles. The number of rotatable bonds is 9. The zero-order chi connectivity index (χ0) is 19.9. The molecule has 0 radical (unpaired) electrons. The highest BCUT2D eigenvalue weighted by Crippen LogP contribution is 2.32. The molecule has 1 heterocycles. The Balaban J connectivity index is 1.93. The quantitative estimate of drug-likeness (QED) is 0.526. The molecule has 5 nitrogen and oxygen atoms in total. The number of hydrogen-bond acceptors (Lipinski definition) is 5. The first-order chi connectivity index (χ1) is 13.7. The predicted molar refractivity (Wildman–Crippen MR) is 117 cm³/mol. The van der Waals surface area contributed by atoms with Gasteiger partial charge >= 0.3 is 0 Å². The summed E-state index contributed by atoms with van der Waals surface area (Å²) in [5, 5.41) is 0.727. The van der Waals surface area contributed by atoms with E-state index < -0.39 is 0 Å². The van der Waals surface area contributed by atoms with Crippen LogP contribution in [0.1, 0.15) is 31.1 Å². The fourth-order valence-corrected chi connectivity index (χ4v) is 4.08. The van der Waals surface area contributed by atoms with Crippen molar-refractivity contribution in [1.82, 2.24) is 9.88 Å². The van der Waals surface area contributed by atoms with Crippen LogP contribution in [0.5, 0.6) is 5.75 Å². The summed E-state index contributed by atoms with van der Waals surface area (Å²) in [7, 11) is 0. The van der Waals surface area contributed by atoms with Gasteiger partial charge in [0, 0.05) is 18.7 Å². The molecule has 0 aliphatic carbocycles. The molecule has 0 spiro atoms. The third-order valence-corrected chi connectivity index (χ3v) is 5.73. The van der Waals surface area contributed by atoms with Gasteiger partial charge in [0.2, 0.25) is 0 Å². The Morgan fingerprint density at radius 1 is 1.04 bits per heavy atom. The maximum Gasteiger partial charge on any atom is 0.260 e. The summed E-state index contributed by atoms with van der Waals surface area (Å²) in [6, 6.07) is 15.3. The topological polar surface area (TPSA) is 45.7 Å². The van der Waals surface area contributed by atoms with Crippen molar-refractivity contribution < 1.29 is 9.53 Å². The van der Waals surface area contributed by atoms with Crippen LogP contribution in [0.3, 0.4) is 0 Å². The first-order valence-electron chi connectivity index (χ1n) is 9.78. The van der Waals surface area contributed by atoms with Gasteiger partial charge < -0.3 is 9.64 Å². The molecule has 6 heteroatoms. The number of thiazole rings is 1. The molecule has 3 rings (SSSR count). The van der Waals surface area contributed by atoms with Gasteiger partial charge in [-0.15, -0.1) is 0 Å². The van der Waals surface area contributed by atoms with Gasteiger partial charge in [-0.3, -0.25) is 9.69 Å². The second kappa shape index (κ2) is 9.66. The number of carbonyl (C=O) groups excluding carboxylic acids is 1. The van der Waals surface area contributed by atoms with E-state index in [4.69, 9.17) is 9.72 Å². The second-order valence-electron chi connectivity index (χ2n) is 6.41. The molecule has 0 unspecified atom stereocenters. The summed E-state index contributed by atoms with van der Waals surface area (Å²) in [5.74, 6) is 0.811. The Kier molecular flexibility index (Phi) is 7.01. The number of carbonyl (C=O) groups is 1. The Morgan fingerprint density at radius 2 is 1.79 bits per heavy atom. The fraction of sp³-hybridized carbons (Fsp3) is 0.364. The monoisotopic (exact) mass is 397 g/mol. The van der Waals surface area contributed by atoms with E-state index >= 15 is 0 Å². The number of anilines is 1. The highest BCUT2D eigenvalue weighted by Gasteiger charge is 2.22. The third kappa shape index (κ3) is 4.69. The summed E-state index contributed by atoms with van der Waals surface area (Å²) in [5.41, 5.74) is 1.56. The molecule has 3 aromatic rings. The van der Waals surface area contributed by atoms with Gasteiger partial charge in [0.25, 0.3) is 5.91 Å². The average Bonchev–Trinajstić information content (AvgIpc) is 3.15. The Hall–Kier alpha value is -2.44. The molecule has 0 aliphatic heterocycles. The van der Waals surface area contributed by atoms with Gasteiger partial charge in [0.15, 0.2) is 5.13 Å². The number of ether oxygens (including phenoxy) is 1. The molecule has 0 atom stereocenters. The van der Waals surface area contributed by atoms with E-state index in [9.17, 15) is 4.79 Å². The minimum absolute atomic E-state index is 0.0168. The minimum atomic E-state index is -0.0168. The molecular weight excluding hydrogens is 370 g/mol. The van der Waals surface area contributed by atoms with Gasteiger partial charge in [-0.05, 0) is 50.3 Å². The normalized spacial score (nSPS) is 11.1. The van der Waals surface area contributed by atoms with Crippen LogP contribution in [-0.2, 0) is 0 Å². The molecule has 148 valence electrons. The number of aromatic nitrogens is 1. The lowest BCUT2D eigenvalue weighted by atomic mass is 10.2. The van der Waals surface area contributed by atoms with E-state index in [1.807, 2.05) is 55.5 Å². The number of amides is 1. The standard InChI is InChI=1S/C22H27N3O2S/c1-4-24(5-2)14-15-25(21(26)17-10-8-7-9-11-17)22-23-19-13-12-18(27-6-3)16-20(19)28-22/h7-13,16H,4-6,14-15H2,1-3H3. The van der Waals surface area contributed by atoms with Gasteiger partial charge in [0.1, 0.15) is 5.75 Å². The van der Waals surface area contributed by atoms with Gasteiger partial charge in [-0.2, -0.15) is 0 Å². The molecule has 0 aliphatic rings. The fourth-order valence-electron chi connectivity index (χ4n) is 3.07. The van der Waals surface area contributed by atoms with Crippen molar-refractivity contribution in [2.75, 3.05) is 37.7 Å². The third-order valence-electron chi connectivity index (χ3n) is 4.69. The van der Waals surface area contributed by atoms with E-state index in [1.165, 1.54) is 11.3 Å². The minimum Gasteiger partial charge on any atom is -0.494 e. The van der Waals surface area contributed by atoms with Gasteiger partial charge in [0.05, 0.1) is 16.8 Å². The SMILES string of the molecule is CCOc1ccc2nc(N(CCN(CC)CC)C(=O)c3ccccc3)sc2c1. The lowest BCUT2D eigenvalue weighted by molar-refractivity contribution is 0.0984. The highest BCUT2D eigenvalue weighted by atomic mass is 32.1. The molecule has 0 N–H and O–H groups in total. The zero-order valence-electron chi connectivity index (χ0n) is 16.7. The molecule has 0 bridgehead atoms. The van der Waals surface area contributed by atoms with Crippen molar-refractivity contribution in [2.24, 2.45) is 0 Å².